The molecule has 0 saturated heterocycles. The van der Waals surface area contributed by atoms with Crippen LogP contribution >= 0.6 is 15.9 Å². The molecule has 1 aromatic heterocycles. The van der Waals surface area contributed by atoms with E-state index in [4.69, 9.17) is 9.68 Å². The topological polar surface area (TPSA) is 34.4 Å². The number of aromatic nitrogens is 1. The van der Waals surface area contributed by atoms with Crippen molar-refractivity contribution in [1.29, 1.82) is 0 Å². The lowest BCUT2D eigenvalue weighted by atomic mass is 10.1. The molecule has 1 N–H and O–H groups in total. The van der Waals surface area contributed by atoms with Crippen LogP contribution < -0.4 is 4.65 Å². The van der Waals surface area contributed by atoms with Gasteiger partial charge >= 0.3 is 7.69 Å². The van der Waals surface area contributed by atoms with E-state index in [1.54, 1.807) is 0 Å². The van der Waals surface area contributed by atoms with Crippen LogP contribution in [0.4, 0.5) is 0 Å². The van der Waals surface area contributed by atoms with Gasteiger partial charge in [-0.3, -0.25) is 0 Å². The Labute approximate surface area is 142 Å². The fourth-order valence-electron chi connectivity index (χ4n) is 2.97. The maximum atomic E-state index is 8.94. The highest BCUT2D eigenvalue weighted by molar-refractivity contribution is 9.10. The molecule has 4 aromatic rings. The predicted octanol–water partition coefficient (Wildman–Crippen LogP) is 4.45. The second-order valence-electron chi connectivity index (χ2n) is 5.21. The molecule has 0 unspecified atom stereocenters. The second kappa shape index (κ2) is 5.76. The minimum atomic E-state index is 0.580. The Bertz CT molecular complexity index is 998. The van der Waals surface area contributed by atoms with Crippen LogP contribution in [-0.4, -0.2) is 17.3 Å². The van der Waals surface area contributed by atoms with Crippen molar-refractivity contribution in [2.24, 2.45) is 0 Å². The van der Waals surface area contributed by atoms with Crippen molar-refractivity contribution in [1.82, 2.24) is 4.57 Å². The molecule has 111 valence electrons. The summed E-state index contributed by atoms with van der Waals surface area (Å²) >= 11 is 3.51. The van der Waals surface area contributed by atoms with Crippen molar-refractivity contribution in [2.45, 2.75) is 0 Å². The zero-order valence-electron chi connectivity index (χ0n) is 12.1. The number of rotatable bonds is 3. The molecule has 3 aromatic carbocycles. The van der Waals surface area contributed by atoms with E-state index in [0.717, 1.165) is 32.0 Å². The van der Waals surface area contributed by atoms with Gasteiger partial charge in [-0.25, -0.2) is 0 Å². The van der Waals surface area contributed by atoms with Crippen LogP contribution in [0.15, 0.2) is 71.2 Å². The van der Waals surface area contributed by atoms with E-state index in [1.807, 2.05) is 42.5 Å². The predicted molar refractivity (Wildman–Crippen MR) is 97.1 cm³/mol. The Balaban J connectivity index is 2.13. The third-order valence-corrected chi connectivity index (χ3v) is 4.54. The Morgan fingerprint density at radius 2 is 1.61 bits per heavy atom. The van der Waals surface area contributed by atoms with Crippen molar-refractivity contribution >= 4 is 45.4 Å². The monoisotopic (exact) mass is 364 g/mol. The molecular weight excluding hydrogens is 353 g/mol. The fourth-order valence-corrected chi connectivity index (χ4v) is 3.40. The van der Waals surface area contributed by atoms with Crippen LogP contribution in [0.5, 0.6) is 5.75 Å². The molecule has 4 rings (SSSR count). The summed E-state index contributed by atoms with van der Waals surface area (Å²) in [5.74, 6) is 0.580. The highest BCUT2D eigenvalue weighted by Gasteiger charge is 2.14. The van der Waals surface area contributed by atoms with Crippen LogP contribution in [-0.2, 0) is 0 Å². The number of halogens is 1. The maximum Gasteiger partial charge on any atom is 0.569 e. The SMILES string of the molecule is O[B]Oc1cc2c3ccccc3n(-c3ccccc3)c2cc1Br. The van der Waals surface area contributed by atoms with Gasteiger partial charge in [-0.15, -0.1) is 0 Å². The first-order valence-electron chi connectivity index (χ1n) is 7.20. The van der Waals surface area contributed by atoms with Crippen molar-refractivity contribution < 1.29 is 9.68 Å². The lowest BCUT2D eigenvalue weighted by Gasteiger charge is -2.09. The summed E-state index contributed by atoms with van der Waals surface area (Å²) < 4.78 is 8.19. The van der Waals surface area contributed by atoms with E-state index in [9.17, 15) is 0 Å². The summed E-state index contributed by atoms with van der Waals surface area (Å²) in [7, 11) is 0.697. The molecule has 0 aliphatic heterocycles. The standard InChI is InChI=1S/C18H12BBrNO2/c20-15-11-17-14(10-18(15)23-19-22)13-8-4-5-9-16(13)21(17)12-6-2-1-3-7-12/h1-11,22H. The van der Waals surface area contributed by atoms with Gasteiger partial charge in [0.1, 0.15) is 5.75 Å². The van der Waals surface area contributed by atoms with Crippen molar-refractivity contribution in [3.05, 3.63) is 71.2 Å². The summed E-state index contributed by atoms with van der Waals surface area (Å²) in [6.07, 6.45) is 0. The second-order valence-corrected chi connectivity index (χ2v) is 6.07. The van der Waals surface area contributed by atoms with Crippen LogP contribution in [0.1, 0.15) is 0 Å². The molecule has 3 nitrogen and oxygen atoms in total. The van der Waals surface area contributed by atoms with E-state index >= 15 is 0 Å². The van der Waals surface area contributed by atoms with Crippen LogP contribution in [0.2, 0.25) is 0 Å². The summed E-state index contributed by atoms with van der Waals surface area (Å²) in [4.78, 5) is 0. The molecule has 5 heteroatoms. The first-order chi connectivity index (χ1) is 11.3. The summed E-state index contributed by atoms with van der Waals surface area (Å²) in [6.45, 7) is 0. The molecule has 1 radical (unpaired) electrons. The first-order valence-corrected chi connectivity index (χ1v) is 7.99. The van der Waals surface area contributed by atoms with Gasteiger partial charge in [0, 0.05) is 16.5 Å². The third kappa shape index (κ3) is 2.33. The van der Waals surface area contributed by atoms with Gasteiger partial charge in [-0.05, 0) is 46.3 Å². The molecule has 0 amide bonds. The highest BCUT2D eigenvalue weighted by atomic mass is 79.9. The smallest absolute Gasteiger partial charge is 0.537 e. The molecule has 0 bridgehead atoms. The fraction of sp³-hybridized carbons (Fsp3) is 0. The number of hydrogen-bond donors (Lipinski definition) is 1. The Hall–Kier alpha value is -2.24. The van der Waals surface area contributed by atoms with Crippen LogP contribution in [0, 0.1) is 0 Å². The summed E-state index contributed by atoms with van der Waals surface area (Å²) in [6, 6.07) is 22.5. The average Bonchev–Trinajstić information content (AvgIpc) is 2.90. The maximum absolute atomic E-state index is 8.94. The van der Waals surface area contributed by atoms with Gasteiger partial charge in [-0.1, -0.05) is 36.4 Å². The molecule has 0 fully saturated rings. The number of fused-ring (bicyclic) bond motifs is 3. The van der Waals surface area contributed by atoms with Gasteiger partial charge in [0.15, 0.2) is 0 Å². The lowest BCUT2D eigenvalue weighted by Crippen LogP contribution is -2.00. The molecule has 0 aliphatic rings. The zero-order chi connectivity index (χ0) is 15.8. The Morgan fingerprint density at radius 3 is 2.39 bits per heavy atom. The number of benzene rings is 3. The van der Waals surface area contributed by atoms with E-state index in [1.165, 1.54) is 0 Å². The minimum absolute atomic E-state index is 0.580. The molecule has 1 heterocycles. The zero-order valence-corrected chi connectivity index (χ0v) is 13.7. The van der Waals surface area contributed by atoms with Gasteiger partial charge < -0.3 is 14.2 Å². The van der Waals surface area contributed by atoms with E-state index in [2.05, 4.69) is 44.8 Å². The quantitative estimate of drug-likeness (QED) is 0.545. The first kappa shape index (κ1) is 14.4. The van der Waals surface area contributed by atoms with Gasteiger partial charge in [0.25, 0.3) is 0 Å². The van der Waals surface area contributed by atoms with Crippen molar-refractivity contribution in [3.63, 3.8) is 0 Å². The molecular formula is C18H12BBrNO2. The molecule has 0 saturated carbocycles. The van der Waals surface area contributed by atoms with E-state index in [0.29, 0.717) is 13.4 Å². The number of para-hydroxylation sites is 2. The molecule has 0 spiro atoms. The van der Waals surface area contributed by atoms with Crippen molar-refractivity contribution in [2.75, 3.05) is 0 Å². The number of hydrogen-bond acceptors (Lipinski definition) is 2. The van der Waals surface area contributed by atoms with E-state index in [-0.39, 0.29) is 0 Å². The summed E-state index contributed by atoms with van der Waals surface area (Å²) in [5.41, 5.74) is 3.31. The van der Waals surface area contributed by atoms with Crippen LogP contribution in [0.3, 0.4) is 0 Å². The molecule has 0 atom stereocenters. The van der Waals surface area contributed by atoms with Gasteiger partial charge in [-0.2, -0.15) is 0 Å². The Morgan fingerprint density at radius 1 is 0.870 bits per heavy atom. The summed E-state index contributed by atoms with van der Waals surface area (Å²) in [5, 5.41) is 11.2. The lowest BCUT2D eigenvalue weighted by molar-refractivity contribution is 0.452. The average molecular weight is 365 g/mol. The number of nitrogens with zero attached hydrogens (tertiary/aromatic N) is 1. The van der Waals surface area contributed by atoms with E-state index < -0.39 is 0 Å². The van der Waals surface area contributed by atoms with Gasteiger partial charge in [0.2, 0.25) is 0 Å². The minimum Gasteiger partial charge on any atom is -0.537 e. The Kier molecular flexibility index (Phi) is 3.60. The molecule has 23 heavy (non-hydrogen) atoms. The molecule has 0 aliphatic carbocycles. The normalized spacial score (nSPS) is 11.0. The third-order valence-electron chi connectivity index (χ3n) is 3.92. The van der Waals surface area contributed by atoms with Crippen LogP contribution in [0.25, 0.3) is 27.5 Å². The highest BCUT2D eigenvalue weighted by Crippen LogP contribution is 2.37. The van der Waals surface area contributed by atoms with Gasteiger partial charge in [0.05, 0.1) is 15.5 Å². The largest absolute Gasteiger partial charge is 0.569 e. The van der Waals surface area contributed by atoms with Crippen molar-refractivity contribution in [3.8, 4) is 11.4 Å².